The van der Waals surface area contributed by atoms with Crippen molar-refractivity contribution in [3.63, 3.8) is 0 Å². The van der Waals surface area contributed by atoms with Crippen LogP contribution in [0, 0.1) is 0 Å². The normalized spacial score (nSPS) is 16.0. The quantitative estimate of drug-likeness (QED) is 0.690. The predicted molar refractivity (Wildman–Crippen MR) is 88.7 cm³/mol. The fourth-order valence-electron chi connectivity index (χ4n) is 2.88. The fourth-order valence-corrected chi connectivity index (χ4v) is 2.88. The molecule has 0 radical (unpaired) electrons. The smallest absolute Gasteiger partial charge is 0.417 e. The molecule has 3 aromatic heterocycles. The van der Waals surface area contributed by atoms with E-state index in [4.69, 9.17) is 8.83 Å². The standard InChI is InChI=1S/C17H16F3N5O2/c18-17(19,20)12-3-4-14(21-10-12)25-7-5-24(6-8-25)11-15-22-23-16(27-15)13-2-1-9-26-13/h1-4,9-10H,5-8,11H2. The Labute approximate surface area is 152 Å². The van der Waals surface area contributed by atoms with Crippen LogP contribution in [-0.4, -0.2) is 46.3 Å². The van der Waals surface area contributed by atoms with Crippen LogP contribution in [0.3, 0.4) is 0 Å². The minimum Gasteiger partial charge on any atom is -0.459 e. The van der Waals surface area contributed by atoms with Gasteiger partial charge in [0.15, 0.2) is 5.76 Å². The Kier molecular flexibility index (Phi) is 4.56. The third-order valence-electron chi connectivity index (χ3n) is 4.33. The van der Waals surface area contributed by atoms with E-state index in [0.29, 0.717) is 56.1 Å². The van der Waals surface area contributed by atoms with Gasteiger partial charge in [-0.1, -0.05) is 0 Å². The molecular formula is C17H16F3N5O2. The lowest BCUT2D eigenvalue weighted by Crippen LogP contribution is -2.46. The number of anilines is 1. The van der Waals surface area contributed by atoms with Crippen LogP contribution in [0.25, 0.3) is 11.7 Å². The van der Waals surface area contributed by atoms with Crippen LogP contribution in [0.15, 0.2) is 45.6 Å². The summed E-state index contributed by atoms with van der Waals surface area (Å²) < 4.78 is 48.7. The van der Waals surface area contributed by atoms with Gasteiger partial charge in [-0.2, -0.15) is 13.2 Å². The molecular weight excluding hydrogens is 363 g/mol. The molecule has 1 aliphatic rings. The van der Waals surface area contributed by atoms with Gasteiger partial charge < -0.3 is 13.7 Å². The number of alkyl halides is 3. The second kappa shape index (κ2) is 7.03. The van der Waals surface area contributed by atoms with Crippen molar-refractivity contribution in [3.8, 4) is 11.7 Å². The third-order valence-corrected chi connectivity index (χ3v) is 4.33. The van der Waals surface area contributed by atoms with Crippen molar-refractivity contribution in [1.29, 1.82) is 0 Å². The highest BCUT2D eigenvalue weighted by Crippen LogP contribution is 2.29. The Morgan fingerprint density at radius 3 is 2.48 bits per heavy atom. The summed E-state index contributed by atoms with van der Waals surface area (Å²) in [7, 11) is 0. The van der Waals surface area contributed by atoms with E-state index in [-0.39, 0.29) is 0 Å². The first-order chi connectivity index (χ1) is 13.0. The van der Waals surface area contributed by atoms with Gasteiger partial charge in [0.2, 0.25) is 5.89 Å². The zero-order valence-corrected chi connectivity index (χ0v) is 14.2. The highest BCUT2D eigenvalue weighted by atomic mass is 19.4. The number of halogens is 3. The van der Waals surface area contributed by atoms with Crippen LogP contribution in [0.1, 0.15) is 11.5 Å². The van der Waals surface area contributed by atoms with Gasteiger partial charge in [-0.3, -0.25) is 4.90 Å². The summed E-state index contributed by atoms with van der Waals surface area (Å²) in [5.41, 5.74) is -0.742. The molecule has 0 aromatic carbocycles. The number of piperazine rings is 1. The zero-order chi connectivity index (χ0) is 18.9. The molecule has 1 fully saturated rings. The van der Waals surface area contributed by atoms with Gasteiger partial charge in [0.05, 0.1) is 18.4 Å². The van der Waals surface area contributed by atoms with Gasteiger partial charge in [-0.25, -0.2) is 4.98 Å². The van der Waals surface area contributed by atoms with E-state index in [2.05, 4.69) is 20.1 Å². The average Bonchev–Trinajstić information content (AvgIpc) is 3.33. The van der Waals surface area contributed by atoms with Crippen molar-refractivity contribution in [1.82, 2.24) is 20.1 Å². The Morgan fingerprint density at radius 2 is 1.85 bits per heavy atom. The maximum Gasteiger partial charge on any atom is 0.417 e. The van der Waals surface area contributed by atoms with E-state index in [1.165, 1.54) is 12.3 Å². The molecule has 0 atom stereocenters. The van der Waals surface area contributed by atoms with Crippen LogP contribution >= 0.6 is 0 Å². The fraction of sp³-hybridized carbons (Fsp3) is 0.353. The number of nitrogens with zero attached hydrogens (tertiary/aromatic N) is 5. The van der Waals surface area contributed by atoms with Crippen LogP contribution in [0.4, 0.5) is 19.0 Å². The number of hydrogen-bond donors (Lipinski definition) is 0. The Hall–Kier alpha value is -2.88. The third kappa shape index (κ3) is 3.95. The van der Waals surface area contributed by atoms with E-state index < -0.39 is 11.7 Å². The molecule has 0 bridgehead atoms. The summed E-state index contributed by atoms with van der Waals surface area (Å²) in [4.78, 5) is 8.04. The minimum atomic E-state index is -4.37. The van der Waals surface area contributed by atoms with E-state index in [1.54, 1.807) is 12.1 Å². The Morgan fingerprint density at radius 1 is 1.04 bits per heavy atom. The van der Waals surface area contributed by atoms with E-state index >= 15 is 0 Å². The number of rotatable bonds is 4. The highest BCUT2D eigenvalue weighted by Gasteiger charge is 2.31. The van der Waals surface area contributed by atoms with Crippen molar-refractivity contribution in [2.24, 2.45) is 0 Å². The molecule has 142 valence electrons. The van der Waals surface area contributed by atoms with Crippen molar-refractivity contribution < 1.29 is 22.0 Å². The minimum absolute atomic E-state index is 0.336. The molecule has 27 heavy (non-hydrogen) atoms. The number of aromatic nitrogens is 3. The SMILES string of the molecule is FC(F)(F)c1ccc(N2CCN(Cc3nnc(-c4ccco4)o3)CC2)nc1. The summed E-state index contributed by atoms with van der Waals surface area (Å²) in [5.74, 6) is 1.89. The van der Waals surface area contributed by atoms with Crippen LogP contribution in [-0.2, 0) is 12.7 Å². The zero-order valence-electron chi connectivity index (χ0n) is 14.2. The first kappa shape index (κ1) is 17.5. The molecule has 10 heteroatoms. The molecule has 1 saturated heterocycles. The number of pyridine rings is 1. The van der Waals surface area contributed by atoms with Gasteiger partial charge >= 0.3 is 6.18 Å². The van der Waals surface area contributed by atoms with Gasteiger partial charge in [0.1, 0.15) is 5.82 Å². The second-order valence-corrected chi connectivity index (χ2v) is 6.14. The first-order valence-electron chi connectivity index (χ1n) is 8.36. The van der Waals surface area contributed by atoms with E-state index in [1.807, 2.05) is 4.90 Å². The van der Waals surface area contributed by atoms with Gasteiger partial charge in [-0.15, -0.1) is 10.2 Å². The molecule has 0 aliphatic carbocycles. The summed E-state index contributed by atoms with van der Waals surface area (Å²) >= 11 is 0. The molecule has 0 amide bonds. The van der Waals surface area contributed by atoms with Crippen molar-refractivity contribution in [3.05, 3.63) is 48.2 Å². The predicted octanol–water partition coefficient (Wildman–Crippen LogP) is 3.07. The van der Waals surface area contributed by atoms with Crippen LogP contribution in [0.5, 0.6) is 0 Å². The molecule has 0 spiro atoms. The maximum atomic E-state index is 12.6. The van der Waals surface area contributed by atoms with Gasteiger partial charge in [0.25, 0.3) is 5.89 Å². The molecule has 0 saturated carbocycles. The number of hydrogen-bond acceptors (Lipinski definition) is 7. The van der Waals surface area contributed by atoms with Crippen molar-refractivity contribution in [2.45, 2.75) is 12.7 Å². The topological polar surface area (TPSA) is 71.4 Å². The summed E-state index contributed by atoms with van der Waals surface area (Å²) in [5, 5.41) is 7.99. The highest BCUT2D eigenvalue weighted by molar-refractivity contribution is 5.42. The molecule has 4 rings (SSSR count). The average molecular weight is 379 g/mol. The molecule has 3 aromatic rings. The van der Waals surface area contributed by atoms with Crippen LogP contribution < -0.4 is 4.90 Å². The van der Waals surface area contributed by atoms with E-state index in [0.717, 1.165) is 12.3 Å². The number of furan rings is 1. The lowest BCUT2D eigenvalue weighted by molar-refractivity contribution is -0.137. The Bertz CT molecular complexity index is 869. The van der Waals surface area contributed by atoms with Gasteiger partial charge in [-0.05, 0) is 24.3 Å². The molecule has 7 nitrogen and oxygen atoms in total. The van der Waals surface area contributed by atoms with Crippen molar-refractivity contribution >= 4 is 5.82 Å². The summed E-state index contributed by atoms with van der Waals surface area (Å²) in [6, 6.07) is 5.95. The molecule has 0 N–H and O–H groups in total. The lowest BCUT2D eigenvalue weighted by atomic mass is 10.2. The van der Waals surface area contributed by atoms with Gasteiger partial charge in [0, 0.05) is 32.4 Å². The lowest BCUT2D eigenvalue weighted by Gasteiger charge is -2.34. The molecule has 0 unspecified atom stereocenters. The first-order valence-corrected chi connectivity index (χ1v) is 8.36. The monoisotopic (exact) mass is 379 g/mol. The van der Waals surface area contributed by atoms with Crippen molar-refractivity contribution in [2.75, 3.05) is 31.1 Å². The maximum absolute atomic E-state index is 12.6. The largest absolute Gasteiger partial charge is 0.459 e. The Balaban J connectivity index is 1.33. The summed E-state index contributed by atoms with van der Waals surface area (Å²) in [6.45, 7) is 3.22. The second-order valence-electron chi connectivity index (χ2n) is 6.14. The molecule has 4 heterocycles. The van der Waals surface area contributed by atoms with Crippen LogP contribution in [0.2, 0.25) is 0 Å². The summed E-state index contributed by atoms with van der Waals surface area (Å²) in [6.07, 6.45) is -1.97. The van der Waals surface area contributed by atoms with E-state index in [9.17, 15) is 13.2 Å². The molecule has 1 aliphatic heterocycles.